The van der Waals surface area contributed by atoms with Crippen molar-refractivity contribution < 1.29 is 13.2 Å². The summed E-state index contributed by atoms with van der Waals surface area (Å²) in [4.78, 5) is 14.9. The smallest absolute Gasteiger partial charge is 0.229 e. The largest absolute Gasteiger partial charge is 0.370 e. The molecule has 0 aliphatic carbocycles. The molecule has 1 aliphatic rings. The maximum Gasteiger partial charge on any atom is 0.229 e. The Morgan fingerprint density at radius 2 is 1.96 bits per heavy atom. The van der Waals surface area contributed by atoms with Gasteiger partial charge in [-0.15, -0.1) is 0 Å². The predicted octanol–water partition coefficient (Wildman–Crippen LogP) is 3.52. The van der Waals surface area contributed by atoms with Crippen LogP contribution in [0.15, 0.2) is 47.4 Å². The summed E-state index contributed by atoms with van der Waals surface area (Å²) in [6.07, 6.45) is 1.84. The van der Waals surface area contributed by atoms with Crippen LogP contribution in [0.5, 0.6) is 0 Å². The number of anilines is 2. The van der Waals surface area contributed by atoms with E-state index in [1.807, 2.05) is 31.2 Å². The Balaban J connectivity index is 1.75. The van der Waals surface area contributed by atoms with E-state index < -0.39 is 9.84 Å². The number of aryl methyl sites for hydroxylation is 1. The second-order valence-corrected chi connectivity index (χ2v) is 9.04. The van der Waals surface area contributed by atoms with Crippen molar-refractivity contribution in [3.63, 3.8) is 0 Å². The number of hydrogen-bond acceptors (Lipinski definition) is 4. The predicted molar refractivity (Wildman–Crippen MR) is 105 cm³/mol. The second-order valence-electron chi connectivity index (χ2n) is 6.64. The van der Waals surface area contributed by atoms with E-state index in [1.165, 1.54) is 0 Å². The molecule has 0 aromatic heterocycles. The van der Waals surface area contributed by atoms with Gasteiger partial charge in [-0.25, -0.2) is 8.42 Å². The van der Waals surface area contributed by atoms with Gasteiger partial charge in [0.1, 0.15) is 0 Å². The summed E-state index contributed by atoms with van der Waals surface area (Å²) in [5.74, 6) is -0.395. The molecule has 26 heavy (non-hydrogen) atoms. The van der Waals surface area contributed by atoms with Crippen LogP contribution in [0.4, 0.5) is 11.4 Å². The summed E-state index contributed by atoms with van der Waals surface area (Å²) < 4.78 is 24.0. The molecule has 0 saturated carbocycles. The number of nitrogens with one attached hydrogen (secondary N) is 1. The number of hydrogen-bond donors (Lipinski definition) is 1. The molecule has 2 aromatic carbocycles. The molecule has 5 nitrogen and oxygen atoms in total. The van der Waals surface area contributed by atoms with E-state index in [4.69, 9.17) is 11.6 Å². The minimum atomic E-state index is -3.43. The van der Waals surface area contributed by atoms with Gasteiger partial charge in [-0.05, 0) is 43.2 Å². The third kappa shape index (κ3) is 4.02. The number of nitrogens with zero attached hydrogens (tertiary/aromatic N) is 1. The number of carbonyl (C=O) groups is 1. The topological polar surface area (TPSA) is 66.5 Å². The van der Waals surface area contributed by atoms with Crippen LogP contribution in [0, 0.1) is 12.8 Å². The average Bonchev–Trinajstić information content (AvgIpc) is 3.06. The molecule has 3 rings (SSSR count). The molecule has 1 saturated heterocycles. The minimum absolute atomic E-state index is 0.145. The first-order valence-electron chi connectivity index (χ1n) is 8.37. The first-order valence-corrected chi connectivity index (χ1v) is 10.6. The van der Waals surface area contributed by atoms with Crippen molar-refractivity contribution >= 4 is 38.7 Å². The van der Waals surface area contributed by atoms with Crippen molar-refractivity contribution in [2.75, 3.05) is 29.6 Å². The molecule has 1 heterocycles. The molecule has 0 bridgehead atoms. The molecule has 1 amide bonds. The van der Waals surface area contributed by atoms with E-state index in [2.05, 4.69) is 10.2 Å². The molecule has 7 heteroatoms. The van der Waals surface area contributed by atoms with Gasteiger partial charge in [0.2, 0.25) is 5.91 Å². The van der Waals surface area contributed by atoms with Crippen molar-refractivity contribution in [1.82, 2.24) is 0 Å². The van der Waals surface area contributed by atoms with Gasteiger partial charge in [0.05, 0.1) is 27.2 Å². The summed E-state index contributed by atoms with van der Waals surface area (Å²) in [7, 11) is -3.43. The Morgan fingerprint density at radius 1 is 1.23 bits per heavy atom. The van der Waals surface area contributed by atoms with Gasteiger partial charge in [0.15, 0.2) is 9.84 Å². The molecule has 1 unspecified atom stereocenters. The van der Waals surface area contributed by atoms with Gasteiger partial charge in [-0.1, -0.05) is 29.8 Å². The van der Waals surface area contributed by atoms with Crippen LogP contribution in [0.3, 0.4) is 0 Å². The molecule has 2 aromatic rings. The van der Waals surface area contributed by atoms with Gasteiger partial charge < -0.3 is 10.2 Å². The Labute approximate surface area is 158 Å². The number of sulfone groups is 1. The zero-order valence-electron chi connectivity index (χ0n) is 14.7. The fraction of sp³-hybridized carbons (Fsp3) is 0.316. The molecule has 1 fully saturated rings. The molecule has 138 valence electrons. The number of halogens is 1. The van der Waals surface area contributed by atoms with E-state index in [9.17, 15) is 13.2 Å². The highest BCUT2D eigenvalue weighted by atomic mass is 35.5. The van der Waals surface area contributed by atoms with Crippen LogP contribution in [-0.2, 0) is 14.6 Å². The van der Waals surface area contributed by atoms with Crippen molar-refractivity contribution in [2.24, 2.45) is 5.92 Å². The van der Waals surface area contributed by atoms with Crippen LogP contribution < -0.4 is 10.2 Å². The number of benzene rings is 2. The average molecular weight is 393 g/mol. The number of rotatable bonds is 4. The summed E-state index contributed by atoms with van der Waals surface area (Å²) >= 11 is 6.24. The fourth-order valence-electron chi connectivity index (χ4n) is 3.18. The fourth-order valence-corrected chi connectivity index (χ4v) is 4.35. The van der Waals surface area contributed by atoms with Gasteiger partial charge in [-0.3, -0.25) is 4.79 Å². The quantitative estimate of drug-likeness (QED) is 0.864. The number of carbonyl (C=O) groups excluding carboxylic acids is 1. The van der Waals surface area contributed by atoms with Gasteiger partial charge in [0, 0.05) is 19.3 Å². The van der Waals surface area contributed by atoms with Crippen molar-refractivity contribution in [3.8, 4) is 0 Å². The third-order valence-electron chi connectivity index (χ3n) is 4.55. The highest BCUT2D eigenvalue weighted by Gasteiger charge is 2.30. The van der Waals surface area contributed by atoms with Crippen molar-refractivity contribution in [1.29, 1.82) is 0 Å². The van der Waals surface area contributed by atoms with Crippen molar-refractivity contribution in [3.05, 3.63) is 53.1 Å². The Morgan fingerprint density at radius 3 is 2.65 bits per heavy atom. The standard InChI is InChI=1S/C19H21ClN2O3S/c1-13-7-8-16(18(11-13)26(2,24)25)21-19(23)14-9-10-22(12-14)17-6-4-3-5-15(17)20/h3-8,11,14H,9-10,12H2,1-2H3,(H,21,23). The van der Waals surface area contributed by atoms with Gasteiger partial charge >= 0.3 is 0 Å². The van der Waals surface area contributed by atoms with Crippen LogP contribution in [0.25, 0.3) is 0 Å². The van der Waals surface area contributed by atoms with Crippen molar-refractivity contribution in [2.45, 2.75) is 18.2 Å². The summed E-state index contributed by atoms with van der Waals surface area (Å²) in [5, 5.41) is 3.45. The highest BCUT2D eigenvalue weighted by molar-refractivity contribution is 7.90. The Bertz CT molecular complexity index is 944. The SMILES string of the molecule is Cc1ccc(NC(=O)C2CCN(c3ccccc3Cl)C2)c(S(C)(=O)=O)c1. The lowest BCUT2D eigenvalue weighted by Gasteiger charge is -2.20. The second kappa shape index (κ2) is 7.29. The van der Waals surface area contributed by atoms with E-state index in [-0.39, 0.29) is 16.7 Å². The van der Waals surface area contributed by atoms with E-state index in [0.717, 1.165) is 24.1 Å². The minimum Gasteiger partial charge on any atom is -0.370 e. The molecule has 1 aliphatic heterocycles. The molecular weight excluding hydrogens is 372 g/mol. The van der Waals surface area contributed by atoms with E-state index in [1.54, 1.807) is 18.2 Å². The zero-order chi connectivity index (χ0) is 18.9. The summed E-state index contributed by atoms with van der Waals surface area (Å²) in [6.45, 7) is 3.10. The number of para-hydroxylation sites is 1. The maximum atomic E-state index is 12.7. The molecule has 1 atom stereocenters. The van der Waals surface area contributed by atoms with Gasteiger partial charge in [-0.2, -0.15) is 0 Å². The molecule has 1 N–H and O–H groups in total. The number of amides is 1. The summed E-state index contributed by atoms with van der Waals surface area (Å²) in [5.41, 5.74) is 2.07. The van der Waals surface area contributed by atoms with Gasteiger partial charge in [0.25, 0.3) is 0 Å². The lowest BCUT2D eigenvalue weighted by atomic mass is 10.1. The first-order chi connectivity index (χ1) is 12.3. The van der Waals surface area contributed by atoms with Crippen LogP contribution in [-0.4, -0.2) is 33.7 Å². The zero-order valence-corrected chi connectivity index (χ0v) is 16.3. The lowest BCUT2D eigenvalue weighted by molar-refractivity contribution is -0.119. The molecular formula is C19H21ClN2O3S. The van der Waals surface area contributed by atoms with E-state index in [0.29, 0.717) is 23.7 Å². The normalized spacial score (nSPS) is 17.3. The molecule has 0 radical (unpaired) electrons. The first kappa shape index (κ1) is 18.7. The lowest BCUT2D eigenvalue weighted by Crippen LogP contribution is -2.27. The van der Waals surface area contributed by atoms with Crippen LogP contribution in [0.2, 0.25) is 5.02 Å². The Hall–Kier alpha value is -2.05. The monoisotopic (exact) mass is 392 g/mol. The Kier molecular flexibility index (Phi) is 5.25. The summed E-state index contributed by atoms with van der Waals surface area (Å²) in [6, 6.07) is 12.6. The molecule has 0 spiro atoms. The third-order valence-corrected chi connectivity index (χ3v) is 6.00. The van der Waals surface area contributed by atoms with E-state index >= 15 is 0 Å². The highest BCUT2D eigenvalue weighted by Crippen LogP contribution is 2.31. The van der Waals surface area contributed by atoms with Crippen LogP contribution in [0.1, 0.15) is 12.0 Å². The maximum absolute atomic E-state index is 12.7. The van der Waals surface area contributed by atoms with Crippen LogP contribution >= 0.6 is 11.6 Å².